The second-order valence-corrected chi connectivity index (χ2v) is 6.78. The molecule has 0 aliphatic carbocycles. The molecule has 4 rings (SSSR count). The van der Waals surface area contributed by atoms with Crippen LogP contribution in [0.1, 0.15) is 21.5 Å². The fourth-order valence-electron chi connectivity index (χ4n) is 3.33. The zero-order valence-corrected chi connectivity index (χ0v) is 15.5. The number of anilines is 1. The molecule has 2 aromatic carbocycles. The fourth-order valence-corrected chi connectivity index (χ4v) is 3.33. The van der Waals surface area contributed by atoms with E-state index in [1.54, 1.807) is 36.2 Å². The van der Waals surface area contributed by atoms with Crippen molar-refractivity contribution < 1.29 is 13.9 Å². The number of benzene rings is 2. The topological polar surface area (TPSA) is 68.5 Å². The van der Waals surface area contributed by atoms with Gasteiger partial charge in [-0.2, -0.15) is 0 Å². The minimum Gasteiger partial charge on any atom is -0.491 e. The number of nitrogen functional groups attached to an aromatic ring is 1. The molecule has 2 N–H and O–H groups in total. The van der Waals surface area contributed by atoms with E-state index in [-0.39, 0.29) is 11.7 Å². The van der Waals surface area contributed by atoms with E-state index in [1.165, 1.54) is 6.07 Å². The Morgan fingerprint density at radius 2 is 2.00 bits per heavy atom. The standard InChI is InChI=1S/C22H20FN3O2/c1-14-18(3-2-4-19(14)23)22(27)26-9-10-28-20-7-5-15(11-17(20)13-26)16-6-8-21(24)25-12-16/h2-8,11-12H,9-10,13H2,1H3,(H2,24,25). The first-order valence-corrected chi connectivity index (χ1v) is 9.05. The van der Waals surface area contributed by atoms with E-state index < -0.39 is 0 Å². The normalized spacial score (nSPS) is 13.4. The largest absolute Gasteiger partial charge is 0.491 e. The van der Waals surface area contributed by atoms with Gasteiger partial charge in [-0.05, 0) is 54.4 Å². The van der Waals surface area contributed by atoms with Crippen molar-refractivity contribution in [3.8, 4) is 16.9 Å². The minimum absolute atomic E-state index is 0.201. The molecule has 0 atom stereocenters. The van der Waals surface area contributed by atoms with Crippen molar-refractivity contribution in [2.75, 3.05) is 18.9 Å². The maximum Gasteiger partial charge on any atom is 0.254 e. The Bertz CT molecular complexity index is 1030. The number of carbonyl (C=O) groups is 1. The van der Waals surface area contributed by atoms with Gasteiger partial charge in [-0.1, -0.05) is 12.1 Å². The van der Waals surface area contributed by atoms with E-state index in [9.17, 15) is 9.18 Å². The van der Waals surface area contributed by atoms with Crippen LogP contribution in [0, 0.1) is 12.7 Å². The average molecular weight is 377 g/mol. The maximum absolute atomic E-state index is 13.9. The number of rotatable bonds is 2. The van der Waals surface area contributed by atoms with Gasteiger partial charge in [0.15, 0.2) is 0 Å². The van der Waals surface area contributed by atoms with Crippen LogP contribution in [0.4, 0.5) is 10.2 Å². The van der Waals surface area contributed by atoms with Crippen molar-refractivity contribution in [1.29, 1.82) is 0 Å². The Kier molecular flexibility index (Phi) is 4.69. The predicted octanol–water partition coefficient (Wildman–Crippen LogP) is 3.81. The number of nitrogens with zero attached hydrogens (tertiary/aromatic N) is 2. The first-order valence-electron chi connectivity index (χ1n) is 9.05. The van der Waals surface area contributed by atoms with Crippen LogP contribution in [0.2, 0.25) is 0 Å². The van der Waals surface area contributed by atoms with Crippen molar-refractivity contribution in [3.63, 3.8) is 0 Å². The molecule has 0 radical (unpaired) electrons. The Balaban J connectivity index is 1.65. The van der Waals surface area contributed by atoms with Crippen LogP contribution in [0.3, 0.4) is 0 Å². The monoisotopic (exact) mass is 377 g/mol. The zero-order valence-electron chi connectivity index (χ0n) is 15.5. The third kappa shape index (κ3) is 3.41. The van der Waals surface area contributed by atoms with Gasteiger partial charge in [-0.3, -0.25) is 4.79 Å². The highest BCUT2D eigenvalue weighted by atomic mass is 19.1. The molecular weight excluding hydrogens is 357 g/mol. The Morgan fingerprint density at radius 1 is 1.18 bits per heavy atom. The summed E-state index contributed by atoms with van der Waals surface area (Å²) in [5, 5.41) is 0. The van der Waals surface area contributed by atoms with Crippen molar-refractivity contribution in [2.24, 2.45) is 0 Å². The number of hydrogen-bond acceptors (Lipinski definition) is 4. The first kappa shape index (κ1) is 18.0. The molecule has 2 heterocycles. The lowest BCUT2D eigenvalue weighted by Crippen LogP contribution is -2.33. The van der Waals surface area contributed by atoms with Crippen LogP contribution in [0.5, 0.6) is 5.75 Å². The third-order valence-electron chi connectivity index (χ3n) is 4.95. The molecule has 142 valence electrons. The molecule has 1 aliphatic heterocycles. The summed E-state index contributed by atoms with van der Waals surface area (Å²) in [5.41, 5.74) is 9.19. The highest BCUT2D eigenvalue weighted by Crippen LogP contribution is 2.30. The Labute approximate surface area is 162 Å². The lowest BCUT2D eigenvalue weighted by Gasteiger charge is -2.21. The highest BCUT2D eigenvalue weighted by Gasteiger charge is 2.23. The number of aromatic nitrogens is 1. The number of nitrogens with two attached hydrogens (primary N) is 1. The maximum atomic E-state index is 13.9. The van der Waals surface area contributed by atoms with E-state index >= 15 is 0 Å². The quantitative estimate of drug-likeness (QED) is 0.737. The number of pyridine rings is 1. The molecule has 0 saturated heterocycles. The van der Waals surface area contributed by atoms with Gasteiger partial charge < -0.3 is 15.4 Å². The molecule has 5 nitrogen and oxygen atoms in total. The molecule has 1 amide bonds. The van der Waals surface area contributed by atoms with Gasteiger partial charge in [0.05, 0.1) is 6.54 Å². The molecule has 1 aromatic heterocycles. The van der Waals surface area contributed by atoms with Crippen LogP contribution in [0.25, 0.3) is 11.1 Å². The molecule has 3 aromatic rings. The van der Waals surface area contributed by atoms with Gasteiger partial charge in [0, 0.05) is 29.4 Å². The molecule has 0 saturated carbocycles. The van der Waals surface area contributed by atoms with Gasteiger partial charge in [0.1, 0.15) is 24.0 Å². The Hall–Kier alpha value is -3.41. The van der Waals surface area contributed by atoms with Crippen molar-refractivity contribution in [2.45, 2.75) is 13.5 Å². The Morgan fingerprint density at radius 3 is 2.79 bits per heavy atom. The van der Waals surface area contributed by atoms with Crippen LogP contribution in [-0.4, -0.2) is 28.9 Å². The van der Waals surface area contributed by atoms with Crippen molar-refractivity contribution >= 4 is 11.7 Å². The lowest BCUT2D eigenvalue weighted by atomic mass is 10.0. The minimum atomic E-state index is -0.379. The summed E-state index contributed by atoms with van der Waals surface area (Å²) in [5.74, 6) is 0.631. The lowest BCUT2D eigenvalue weighted by molar-refractivity contribution is 0.0732. The molecule has 0 spiro atoms. The second kappa shape index (κ2) is 7.31. The number of halogens is 1. The van der Waals surface area contributed by atoms with Gasteiger partial charge in [-0.15, -0.1) is 0 Å². The number of carbonyl (C=O) groups excluding carboxylic acids is 1. The van der Waals surface area contributed by atoms with Gasteiger partial charge in [-0.25, -0.2) is 9.37 Å². The molecule has 0 unspecified atom stereocenters. The summed E-state index contributed by atoms with van der Waals surface area (Å²) in [6.07, 6.45) is 1.72. The van der Waals surface area contributed by atoms with E-state index in [0.717, 1.165) is 22.4 Å². The molecule has 6 heteroatoms. The zero-order chi connectivity index (χ0) is 19.7. The average Bonchev–Trinajstić information content (AvgIpc) is 2.92. The van der Waals surface area contributed by atoms with Crippen molar-refractivity contribution in [1.82, 2.24) is 9.88 Å². The summed E-state index contributed by atoms with van der Waals surface area (Å²) >= 11 is 0. The summed E-state index contributed by atoms with van der Waals surface area (Å²) in [6.45, 7) is 2.83. The third-order valence-corrected chi connectivity index (χ3v) is 4.95. The molecule has 28 heavy (non-hydrogen) atoms. The first-order chi connectivity index (χ1) is 13.5. The number of fused-ring (bicyclic) bond motifs is 1. The number of hydrogen-bond donors (Lipinski definition) is 1. The molecule has 0 fully saturated rings. The van der Waals surface area contributed by atoms with E-state index in [1.807, 2.05) is 24.3 Å². The van der Waals surface area contributed by atoms with Crippen molar-refractivity contribution in [3.05, 3.63) is 77.2 Å². The summed E-state index contributed by atoms with van der Waals surface area (Å²) in [4.78, 5) is 18.8. The fraction of sp³-hybridized carbons (Fsp3) is 0.182. The molecule has 1 aliphatic rings. The number of ether oxygens (including phenoxy) is 1. The summed E-state index contributed by atoms with van der Waals surface area (Å²) in [7, 11) is 0. The van der Waals surface area contributed by atoms with Gasteiger partial charge in [0.25, 0.3) is 5.91 Å². The summed E-state index contributed by atoms with van der Waals surface area (Å²) < 4.78 is 19.7. The smallest absolute Gasteiger partial charge is 0.254 e. The second-order valence-electron chi connectivity index (χ2n) is 6.78. The van der Waals surface area contributed by atoms with E-state index in [2.05, 4.69) is 4.98 Å². The van der Waals surface area contributed by atoms with Gasteiger partial charge in [0.2, 0.25) is 0 Å². The van der Waals surface area contributed by atoms with Gasteiger partial charge >= 0.3 is 0 Å². The number of amides is 1. The van der Waals surface area contributed by atoms with Crippen LogP contribution in [0.15, 0.2) is 54.7 Å². The van der Waals surface area contributed by atoms with Crippen LogP contribution >= 0.6 is 0 Å². The molecule has 0 bridgehead atoms. The SMILES string of the molecule is Cc1c(F)cccc1C(=O)N1CCOc2ccc(-c3ccc(N)nc3)cc2C1. The van der Waals surface area contributed by atoms with Crippen LogP contribution < -0.4 is 10.5 Å². The van der Waals surface area contributed by atoms with Crippen LogP contribution in [-0.2, 0) is 6.54 Å². The van der Waals surface area contributed by atoms with E-state index in [0.29, 0.717) is 36.6 Å². The highest BCUT2D eigenvalue weighted by molar-refractivity contribution is 5.95. The predicted molar refractivity (Wildman–Crippen MR) is 105 cm³/mol. The summed E-state index contributed by atoms with van der Waals surface area (Å²) in [6, 6.07) is 14.1. The molecular formula is C22H20FN3O2. The van der Waals surface area contributed by atoms with E-state index in [4.69, 9.17) is 10.5 Å².